The fraction of sp³-hybridized carbons (Fsp3) is 0.385. The van der Waals surface area contributed by atoms with Gasteiger partial charge in [0, 0.05) is 26.2 Å². The molecule has 0 fully saturated rings. The lowest BCUT2D eigenvalue weighted by Gasteiger charge is -2.21. The summed E-state index contributed by atoms with van der Waals surface area (Å²) in [7, 11) is 0. The van der Waals surface area contributed by atoms with Gasteiger partial charge in [0.05, 0.1) is 0 Å². The van der Waals surface area contributed by atoms with Crippen LogP contribution in [0.15, 0.2) is 36.4 Å². The Balaban J connectivity index is 0.000000403. The summed E-state index contributed by atoms with van der Waals surface area (Å²) in [4.78, 5) is 47.2. The van der Waals surface area contributed by atoms with Gasteiger partial charge in [0.15, 0.2) is 6.61 Å². The smallest absolute Gasteiger partial charge is 0.422 e. The molecule has 0 spiro atoms. The third-order valence-corrected chi connectivity index (χ3v) is 5.39. The van der Waals surface area contributed by atoms with Crippen LogP contribution in [0.3, 0.4) is 0 Å². The van der Waals surface area contributed by atoms with Gasteiger partial charge in [-0.2, -0.15) is 13.2 Å². The van der Waals surface area contributed by atoms with Crippen molar-refractivity contribution in [2.24, 2.45) is 0 Å². The fourth-order valence-corrected chi connectivity index (χ4v) is 3.21. The van der Waals surface area contributed by atoms with Crippen LogP contribution in [-0.4, -0.2) is 64.5 Å². The van der Waals surface area contributed by atoms with Gasteiger partial charge < -0.3 is 19.6 Å². The number of esters is 1. The summed E-state index contributed by atoms with van der Waals surface area (Å²) >= 11 is 0. The van der Waals surface area contributed by atoms with Crippen molar-refractivity contribution in [2.75, 3.05) is 19.7 Å². The number of rotatable bonds is 7. The van der Waals surface area contributed by atoms with E-state index in [1.165, 1.54) is 35.2 Å². The Labute approximate surface area is 222 Å². The molecular weight excluding hydrogens is 531 g/mol. The molecule has 0 aliphatic carbocycles. The molecule has 2 amide bonds. The van der Waals surface area contributed by atoms with Crippen LogP contribution >= 0.6 is 0 Å². The van der Waals surface area contributed by atoms with Gasteiger partial charge in [-0.25, -0.2) is 18.4 Å². The minimum atomic E-state index is -4.69. The van der Waals surface area contributed by atoms with Crippen molar-refractivity contribution in [2.45, 2.75) is 47.0 Å². The number of halogens is 5. The van der Waals surface area contributed by atoms with Crippen molar-refractivity contribution >= 4 is 23.8 Å². The molecule has 2 aromatic rings. The molecule has 0 aromatic heterocycles. The minimum absolute atomic E-state index is 0.0252. The average molecular weight is 561 g/mol. The van der Waals surface area contributed by atoms with Crippen LogP contribution < -0.4 is 0 Å². The summed E-state index contributed by atoms with van der Waals surface area (Å²) in [6, 6.07) is 8.11. The molecule has 214 valence electrons. The summed E-state index contributed by atoms with van der Waals surface area (Å²) in [5, 5.41) is 8.62. The maximum Gasteiger partial charge on any atom is 0.422 e. The second-order valence-electron chi connectivity index (χ2n) is 8.28. The highest BCUT2D eigenvalue weighted by atomic mass is 19.4. The molecule has 2 rings (SSSR count). The van der Waals surface area contributed by atoms with Gasteiger partial charge in [-0.15, -0.1) is 0 Å². The number of amides is 2. The van der Waals surface area contributed by atoms with Crippen LogP contribution in [-0.2, 0) is 37.0 Å². The van der Waals surface area contributed by atoms with E-state index in [1.54, 1.807) is 33.8 Å². The summed E-state index contributed by atoms with van der Waals surface area (Å²) in [6.45, 7) is 5.32. The van der Waals surface area contributed by atoms with E-state index in [0.717, 1.165) is 10.5 Å². The van der Waals surface area contributed by atoms with Crippen LogP contribution in [0, 0.1) is 25.5 Å². The highest BCUT2D eigenvalue weighted by Crippen LogP contribution is 2.16. The summed E-state index contributed by atoms with van der Waals surface area (Å²) in [5.41, 5.74) is 2.58. The standard InChI is InChI=1S/C14H15F4NO3.C12H14FNO3/c1-3-19(7-10-4-5-11(15)6-9(10)2)12(20)13(21)22-8-14(16,17)18;1-3-14(11(15)12(16)17)7-9-4-5-10(13)6-8(9)2/h4-6H,3,7-8H2,1-2H3;4-6H,3,7H2,1-2H3,(H,16,17). The number of carbonyl (C=O) groups is 4. The number of carboxylic acid groups (broad SMARTS) is 1. The lowest BCUT2D eigenvalue weighted by molar-refractivity contribution is -0.189. The minimum Gasteiger partial charge on any atom is -0.474 e. The van der Waals surface area contributed by atoms with Crippen molar-refractivity contribution in [1.82, 2.24) is 9.80 Å². The number of carboxylic acids is 1. The van der Waals surface area contributed by atoms with Gasteiger partial charge in [-0.3, -0.25) is 9.59 Å². The van der Waals surface area contributed by atoms with Crippen LogP contribution in [0.4, 0.5) is 22.0 Å². The van der Waals surface area contributed by atoms with Gasteiger partial charge in [-0.1, -0.05) is 12.1 Å². The Bertz CT molecular complexity index is 1190. The number of carbonyl (C=O) groups excluding carboxylic acids is 3. The molecule has 0 aliphatic rings. The Morgan fingerprint density at radius 1 is 0.795 bits per heavy atom. The van der Waals surface area contributed by atoms with E-state index in [4.69, 9.17) is 5.11 Å². The molecule has 0 bridgehead atoms. The number of hydrogen-bond acceptors (Lipinski definition) is 5. The maximum absolute atomic E-state index is 13.0. The largest absolute Gasteiger partial charge is 0.474 e. The van der Waals surface area contributed by atoms with E-state index < -0.39 is 42.4 Å². The SMILES string of the molecule is CCN(Cc1ccc(F)cc1C)C(=O)C(=O)O.CCN(Cc1ccc(F)cc1C)C(=O)C(=O)OCC(F)(F)F. The highest BCUT2D eigenvalue weighted by Gasteiger charge is 2.32. The molecule has 13 heteroatoms. The number of nitrogens with zero attached hydrogens (tertiary/aromatic N) is 2. The Morgan fingerprint density at radius 2 is 1.21 bits per heavy atom. The lowest BCUT2D eigenvalue weighted by atomic mass is 10.1. The van der Waals surface area contributed by atoms with E-state index in [1.807, 2.05) is 0 Å². The van der Waals surface area contributed by atoms with E-state index in [0.29, 0.717) is 23.2 Å². The third kappa shape index (κ3) is 11.1. The Morgan fingerprint density at radius 3 is 1.54 bits per heavy atom. The van der Waals surface area contributed by atoms with Crippen molar-refractivity contribution < 1.29 is 51.0 Å². The van der Waals surface area contributed by atoms with Gasteiger partial charge >= 0.3 is 29.9 Å². The molecule has 0 atom stereocenters. The molecule has 0 saturated heterocycles. The molecule has 0 radical (unpaired) electrons. The van der Waals surface area contributed by atoms with Gasteiger partial charge in [0.2, 0.25) is 0 Å². The Kier molecular flexibility index (Phi) is 12.5. The number of aryl methyl sites for hydroxylation is 2. The molecule has 0 heterocycles. The van der Waals surface area contributed by atoms with E-state index in [2.05, 4.69) is 4.74 Å². The first-order chi connectivity index (χ1) is 18.1. The first kappa shape index (κ1) is 33.0. The quantitative estimate of drug-likeness (QED) is 0.310. The average Bonchev–Trinajstić information content (AvgIpc) is 2.85. The first-order valence-electron chi connectivity index (χ1n) is 11.6. The van der Waals surface area contributed by atoms with Crippen LogP contribution in [0.1, 0.15) is 36.1 Å². The number of likely N-dealkylation sites (N-methyl/N-ethyl adjacent to an activating group) is 2. The number of benzene rings is 2. The number of aliphatic carboxylic acids is 1. The summed E-state index contributed by atoms with van der Waals surface area (Å²) in [5.74, 6) is -5.96. The number of ether oxygens (including phenoxy) is 1. The van der Waals surface area contributed by atoms with E-state index in [-0.39, 0.29) is 25.5 Å². The van der Waals surface area contributed by atoms with E-state index >= 15 is 0 Å². The zero-order valence-corrected chi connectivity index (χ0v) is 21.8. The molecule has 0 unspecified atom stereocenters. The van der Waals surface area contributed by atoms with Crippen molar-refractivity contribution in [3.8, 4) is 0 Å². The van der Waals surface area contributed by atoms with Crippen molar-refractivity contribution in [3.05, 3.63) is 70.3 Å². The van der Waals surface area contributed by atoms with Crippen LogP contribution in [0.25, 0.3) is 0 Å². The molecule has 0 saturated carbocycles. The van der Waals surface area contributed by atoms with Gasteiger partial charge in [-0.05, 0) is 74.2 Å². The predicted octanol–water partition coefficient (Wildman–Crippen LogP) is 4.16. The van der Waals surface area contributed by atoms with Crippen molar-refractivity contribution in [1.29, 1.82) is 0 Å². The lowest BCUT2D eigenvalue weighted by Crippen LogP contribution is -2.38. The molecular formula is C26H29F5N2O6. The van der Waals surface area contributed by atoms with Crippen molar-refractivity contribution in [3.63, 3.8) is 0 Å². The zero-order valence-electron chi connectivity index (χ0n) is 21.8. The summed E-state index contributed by atoms with van der Waals surface area (Å²) in [6.07, 6.45) is -4.69. The van der Waals surface area contributed by atoms with Crippen LogP contribution in [0.2, 0.25) is 0 Å². The van der Waals surface area contributed by atoms with Gasteiger partial charge in [0.25, 0.3) is 0 Å². The predicted molar refractivity (Wildman–Crippen MR) is 129 cm³/mol. The first-order valence-corrected chi connectivity index (χ1v) is 11.6. The zero-order chi connectivity index (χ0) is 29.9. The van der Waals surface area contributed by atoms with Gasteiger partial charge in [0.1, 0.15) is 11.6 Å². The molecule has 8 nitrogen and oxygen atoms in total. The second kappa shape index (κ2) is 14.8. The summed E-state index contributed by atoms with van der Waals surface area (Å²) < 4.78 is 65.7. The van der Waals surface area contributed by atoms with E-state index in [9.17, 15) is 41.1 Å². The molecule has 1 N–H and O–H groups in total. The maximum atomic E-state index is 13.0. The topological polar surface area (TPSA) is 104 Å². The van der Waals surface area contributed by atoms with Crippen LogP contribution in [0.5, 0.6) is 0 Å². The third-order valence-electron chi connectivity index (χ3n) is 5.39. The monoisotopic (exact) mass is 560 g/mol. The molecule has 2 aromatic carbocycles. The normalized spacial score (nSPS) is 10.7. The highest BCUT2D eigenvalue weighted by molar-refractivity contribution is 6.32. The number of hydrogen-bond donors (Lipinski definition) is 1. The molecule has 0 aliphatic heterocycles. The molecule has 39 heavy (non-hydrogen) atoms. The Hall–Kier alpha value is -4.03. The number of alkyl halides is 3. The fourth-order valence-electron chi connectivity index (χ4n) is 3.21. The second-order valence-corrected chi connectivity index (χ2v) is 8.28.